The maximum absolute atomic E-state index is 12.9. The number of nitro groups is 1. The van der Waals surface area contributed by atoms with Crippen molar-refractivity contribution in [2.75, 3.05) is 10.2 Å². The molecule has 5 rings (SSSR count). The van der Waals surface area contributed by atoms with E-state index in [1.54, 1.807) is 37.3 Å². The fourth-order valence-electron chi connectivity index (χ4n) is 4.97. The summed E-state index contributed by atoms with van der Waals surface area (Å²) in [5.41, 5.74) is 1.70. The van der Waals surface area contributed by atoms with Crippen molar-refractivity contribution in [2.45, 2.75) is 13.3 Å². The summed E-state index contributed by atoms with van der Waals surface area (Å²) in [6.07, 6.45) is 4.96. The van der Waals surface area contributed by atoms with Crippen molar-refractivity contribution in [1.82, 2.24) is 0 Å². The first kappa shape index (κ1) is 19.2. The molecule has 2 aliphatic carbocycles. The smallest absolute Gasteiger partial charge is 0.271 e. The third-order valence-electron chi connectivity index (χ3n) is 6.54. The number of carbonyl (C=O) groups excluding carboxylic acids is 3. The molecule has 3 aliphatic rings. The van der Waals surface area contributed by atoms with E-state index in [2.05, 4.69) is 5.32 Å². The van der Waals surface area contributed by atoms with Crippen molar-refractivity contribution in [1.29, 1.82) is 0 Å². The first-order valence-electron chi connectivity index (χ1n) is 10.1. The fourth-order valence-corrected chi connectivity index (χ4v) is 4.97. The lowest BCUT2D eigenvalue weighted by atomic mass is 9.85. The molecule has 8 nitrogen and oxygen atoms in total. The molecule has 0 aromatic heterocycles. The van der Waals surface area contributed by atoms with Gasteiger partial charge in [0.15, 0.2) is 0 Å². The van der Waals surface area contributed by atoms with Crippen LogP contribution in [-0.2, 0) is 9.59 Å². The van der Waals surface area contributed by atoms with Crippen LogP contribution in [0.3, 0.4) is 0 Å². The van der Waals surface area contributed by atoms with Gasteiger partial charge in [-0.15, -0.1) is 0 Å². The number of aryl methyl sites for hydroxylation is 1. The number of anilines is 2. The molecule has 3 amide bonds. The Bertz CT molecular complexity index is 1140. The number of non-ortho nitro benzene ring substituents is 1. The van der Waals surface area contributed by atoms with Crippen LogP contribution in [0.25, 0.3) is 0 Å². The highest BCUT2D eigenvalue weighted by atomic mass is 16.6. The van der Waals surface area contributed by atoms with Gasteiger partial charge in [0.05, 0.1) is 28.1 Å². The van der Waals surface area contributed by atoms with E-state index in [9.17, 15) is 24.5 Å². The van der Waals surface area contributed by atoms with Crippen molar-refractivity contribution in [3.63, 3.8) is 0 Å². The van der Waals surface area contributed by atoms with E-state index in [4.69, 9.17) is 0 Å². The molecule has 1 saturated carbocycles. The topological polar surface area (TPSA) is 110 Å². The molecule has 31 heavy (non-hydrogen) atoms. The Labute approximate surface area is 177 Å². The van der Waals surface area contributed by atoms with E-state index in [1.807, 2.05) is 12.2 Å². The lowest BCUT2D eigenvalue weighted by Gasteiger charge is -2.17. The molecule has 4 atom stereocenters. The Morgan fingerprint density at radius 2 is 1.65 bits per heavy atom. The predicted octanol–water partition coefficient (Wildman–Crippen LogP) is 3.47. The quantitative estimate of drug-likeness (QED) is 0.355. The van der Waals surface area contributed by atoms with Crippen LogP contribution in [0.4, 0.5) is 17.1 Å². The molecule has 2 aromatic carbocycles. The maximum atomic E-state index is 12.9. The summed E-state index contributed by atoms with van der Waals surface area (Å²) >= 11 is 0. The molecular weight excluding hydrogens is 398 g/mol. The molecule has 2 fully saturated rings. The highest BCUT2D eigenvalue weighted by molar-refractivity contribution is 6.23. The number of hydrogen-bond acceptors (Lipinski definition) is 5. The Morgan fingerprint density at radius 3 is 2.23 bits per heavy atom. The van der Waals surface area contributed by atoms with Gasteiger partial charge in [-0.3, -0.25) is 29.4 Å². The number of carbonyl (C=O) groups is 3. The molecule has 0 radical (unpaired) electrons. The number of fused-ring (bicyclic) bond motifs is 5. The SMILES string of the molecule is Cc1ccc([N+](=O)[O-])cc1NC(=O)c1ccc(N2C(=O)[C@@H]3[C@H](C2=O)[C@H]2C=C[C@H]3C2)cc1. The average Bonchev–Trinajstić information content (AvgIpc) is 3.43. The van der Waals surface area contributed by atoms with E-state index in [0.29, 0.717) is 22.5 Å². The van der Waals surface area contributed by atoms with Gasteiger partial charge in [0.25, 0.3) is 11.6 Å². The number of benzene rings is 2. The number of imide groups is 1. The van der Waals surface area contributed by atoms with Crippen molar-refractivity contribution < 1.29 is 19.3 Å². The van der Waals surface area contributed by atoms with Crippen LogP contribution < -0.4 is 10.2 Å². The first-order valence-corrected chi connectivity index (χ1v) is 10.1. The number of rotatable bonds is 4. The zero-order chi connectivity index (χ0) is 21.9. The van der Waals surface area contributed by atoms with Crippen LogP contribution in [0, 0.1) is 40.7 Å². The molecule has 1 heterocycles. The largest absolute Gasteiger partial charge is 0.321 e. The Morgan fingerprint density at radius 1 is 1.03 bits per heavy atom. The molecule has 2 aromatic rings. The Hall–Kier alpha value is -3.81. The van der Waals surface area contributed by atoms with Crippen molar-refractivity contribution in [2.24, 2.45) is 23.7 Å². The molecule has 0 spiro atoms. The molecule has 156 valence electrons. The highest BCUT2D eigenvalue weighted by Crippen LogP contribution is 2.53. The maximum Gasteiger partial charge on any atom is 0.271 e. The first-order chi connectivity index (χ1) is 14.8. The molecule has 1 aliphatic heterocycles. The number of allylic oxidation sites excluding steroid dienone is 2. The summed E-state index contributed by atoms with van der Waals surface area (Å²) < 4.78 is 0. The lowest BCUT2D eigenvalue weighted by molar-refractivity contribution is -0.384. The monoisotopic (exact) mass is 417 g/mol. The van der Waals surface area contributed by atoms with E-state index in [0.717, 1.165) is 6.42 Å². The standard InChI is InChI=1S/C23H19N3O5/c1-12-2-7-17(26(30)31)11-18(12)24-21(27)13-5-8-16(9-6-13)25-22(28)19-14-3-4-15(10-14)20(19)23(25)29/h2-9,11,14-15,19-20H,10H2,1H3,(H,24,27)/t14-,15-,19-,20+/m0/s1. The Balaban J connectivity index is 1.35. The molecule has 1 N–H and O–H groups in total. The van der Waals surface area contributed by atoms with E-state index in [-0.39, 0.29) is 41.2 Å². The fraction of sp³-hybridized carbons (Fsp3) is 0.261. The van der Waals surface area contributed by atoms with E-state index < -0.39 is 10.8 Å². The zero-order valence-corrected chi connectivity index (χ0v) is 16.6. The van der Waals surface area contributed by atoms with Crippen LogP contribution in [-0.4, -0.2) is 22.6 Å². The van der Waals surface area contributed by atoms with E-state index in [1.165, 1.54) is 17.0 Å². The molecule has 8 heteroatoms. The zero-order valence-electron chi connectivity index (χ0n) is 16.6. The second-order valence-corrected chi connectivity index (χ2v) is 8.27. The van der Waals surface area contributed by atoms with Crippen LogP contribution in [0.1, 0.15) is 22.3 Å². The van der Waals surface area contributed by atoms with Gasteiger partial charge >= 0.3 is 0 Å². The third-order valence-corrected chi connectivity index (χ3v) is 6.54. The van der Waals surface area contributed by atoms with Gasteiger partial charge in [0.2, 0.25) is 11.8 Å². The minimum atomic E-state index is -0.523. The minimum Gasteiger partial charge on any atom is -0.321 e. The van der Waals surface area contributed by atoms with Crippen molar-refractivity contribution in [3.8, 4) is 0 Å². The second-order valence-electron chi connectivity index (χ2n) is 8.27. The number of nitro benzene ring substituents is 1. The van der Waals surface area contributed by atoms with Crippen LogP contribution in [0.15, 0.2) is 54.6 Å². The predicted molar refractivity (Wildman–Crippen MR) is 112 cm³/mol. The van der Waals surface area contributed by atoms with Gasteiger partial charge < -0.3 is 5.32 Å². The summed E-state index contributed by atoms with van der Waals surface area (Å²) in [7, 11) is 0. The third kappa shape index (κ3) is 2.94. The number of nitrogens with zero attached hydrogens (tertiary/aromatic N) is 2. The van der Waals surface area contributed by atoms with Crippen molar-refractivity contribution in [3.05, 3.63) is 75.9 Å². The summed E-state index contributed by atoms with van der Waals surface area (Å²) in [6, 6.07) is 10.5. The second kappa shape index (κ2) is 6.87. The number of amides is 3. The summed E-state index contributed by atoms with van der Waals surface area (Å²) in [4.78, 5) is 50.1. The summed E-state index contributed by atoms with van der Waals surface area (Å²) in [5.74, 6) is -1.05. The number of hydrogen-bond donors (Lipinski definition) is 1. The summed E-state index contributed by atoms with van der Waals surface area (Å²) in [5, 5.41) is 13.7. The van der Waals surface area contributed by atoms with Gasteiger partial charge in [0.1, 0.15) is 0 Å². The van der Waals surface area contributed by atoms with Gasteiger partial charge in [-0.1, -0.05) is 18.2 Å². The van der Waals surface area contributed by atoms with Crippen LogP contribution >= 0.6 is 0 Å². The van der Waals surface area contributed by atoms with E-state index >= 15 is 0 Å². The van der Waals surface area contributed by atoms with Gasteiger partial charge in [-0.25, -0.2) is 0 Å². The molecular formula is C23H19N3O5. The Kier molecular flexibility index (Phi) is 4.25. The average molecular weight is 417 g/mol. The molecule has 2 bridgehead atoms. The summed E-state index contributed by atoms with van der Waals surface area (Å²) in [6.45, 7) is 1.74. The van der Waals surface area contributed by atoms with Gasteiger partial charge in [-0.2, -0.15) is 0 Å². The van der Waals surface area contributed by atoms with Gasteiger partial charge in [0, 0.05) is 17.7 Å². The normalized spacial score (nSPS) is 25.8. The minimum absolute atomic E-state index is 0.115. The van der Waals surface area contributed by atoms with Crippen molar-refractivity contribution >= 4 is 34.8 Å². The number of nitrogens with one attached hydrogen (secondary N) is 1. The highest BCUT2D eigenvalue weighted by Gasteiger charge is 2.59. The van der Waals surface area contributed by atoms with Crippen LogP contribution in [0.2, 0.25) is 0 Å². The van der Waals surface area contributed by atoms with Gasteiger partial charge in [-0.05, 0) is 55.0 Å². The molecule has 1 saturated heterocycles. The molecule has 0 unspecified atom stereocenters. The van der Waals surface area contributed by atoms with Crippen LogP contribution in [0.5, 0.6) is 0 Å². The lowest BCUT2D eigenvalue weighted by Crippen LogP contribution is -2.32.